The Hall–Kier alpha value is -0.980. The van der Waals surface area contributed by atoms with Crippen LogP contribution in [0.4, 0.5) is 0 Å². The number of aliphatic hydroxyl groups excluding tert-OH is 1. The van der Waals surface area contributed by atoms with Gasteiger partial charge in [-0.3, -0.25) is 19.4 Å². The molecular weight excluding hydrogens is 272 g/mol. The maximum atomic E-state index is 12.4. The molecule has 0 aliphatic carbocycles. The highest BCUT2D eigenvalue weighted by Crippen LogP contribution is 2.20. The Balaban J connectivity index is 2.52. The third kappa shape index (κ3) is 5.37. The van der Waals surface area contributed by atoms with Crippen LogP contribution in [0.3, 0.4) is 0 Å². The summed E-state index contributed by atoms with van der Waals surface area (Å²) in [5, 5.41) is 8.98. The van der Waals surface area contributed by atoms with Gasteiger partial charge in [0.15, 0.2) is 5.78 Å². The van der Waals surface area contributed by atoms with E-state index < -0.39 is 11.4 Å². The fourth-order valence-electron chi connectivity index (χ4n) is 2.37. The van der Waals surface area contributed by atoms with Crippen molar-refractivity contribution < 1.29 is 19.4 Å². The van der Waals surface area contributed by atoms with E-state index in [0.717, 1.165) is 32.6 Å². The Bertz CT molecular complexity index is 358. The zero-order chi connectivity index (χ0) is 15.9. The summed E-state index contributed by atoms with van der Waals surface area (Å²) in [6, 6.07) is 0. The first-order chi connectivity index (χ1) is 9.91. The molecule has 0 amide bonds. The maximum absolute atomic E-state index is 12.4. The second-order valence-corrected chi connectivity index (χ2v) is 5.96. The topological polar surface area (TPSA) is 70.1 Å². The number of esters is 1. The van der Waals surface area contributed by atoms with E-state index in [9.17, 15) is 9.59 Å². The van der Waals surface area contributed by atoms with Crippen LogP contribution in [0.1, 0.15) is 27.2 Å². The summed E-state index contributed by atoms with van der Waals surface area (Å²) in [5.41, 5.74) is -1.09. The van der Waals surface area contributed by atoms with Crippen LogP contribution in [0.15, 0.2) is 0 Å². The summed E-state index contributed by atoms with van der Waals surface area (Å²) < 4.78 is 4.98. The van der Waals surface area contributed by atoms with Crippen LogP contribution < -0.4 is 0 Å². The molecule has 0 spiro atoms. The van der Waals surface area contributed by atoms with Gasteiger partial charge < -0.3 is 9.84 Å². The minimum atomic E-state index is -1.09. The number of carbonyl (C=O) groups excluding carboxylic acids is 2. The molecule has 1 aliphatic heterocycles. The number of hydrogen-bond acceptors (Lipinski definition) is 6. The fraction of sp³-hybridized carbons (Fsp3) is 0.867. The predicted molar refractivity (Wildman–Crippen MR) is 80.0 cm³/mol. The van der Waals surface area contributed by atoms with Crippen molar-refractivity contribution in [2.24, 2.45) is 5.41 Å². The van der Waals surface area contributed by atoms with Crippen molar-refractivity contribution >= 4 is 11.8 Å². The average molecular weight is 300 g/mol. The van der Waals surface area contributed by atoms with E-state index in [4.69, 9.17) is 9.84 Å². The molecular formula is C15H28N2O4. The molecule has 0 saturated carbocycles. The SMILES string of the molecule is CCOC(=O)C(C)(C)C(=O)CN1CCCN(CCO)CC1. The third-order valence-corrected chi connectivity index (χ3v) is 3.95. The van der Waals surface area contributed by atoms with Gasteiger partial charge in [0.05, 0.1) is 19.8 Å². The van der Waals surface area contributed by atoms with Gasteiger partial charge >= 0.3 is 5.97 Å². The summed E-state index contributed by atoms with van der Waals surface area (Å²) in [4.78, 5) is 28.5. The third-order valence-electron chi connectivity index (χ3n) is 3.95. The molecule has 6 heteroatoms. The summed E-state index contributed by atoms with van der Waals surface area (Å²) in [6.45, 7) is 9.80. The Kier molecular flexibility index (Phi) is 7.28. The van der Waals surface area contributed by atoms with E-state index in [1.165, 1.54) is 0 Å². The number of aliphatic hydroxyl groups is 1. The summed E-state index contributed by atoms with van der Waals surface area (Å²) in [7, 11) is 0. The van der Waals surface area contributed by atoms with E-state index in [0.29, 0.717) is 6.54 Å². The fourth-order valence-corrected chi connectivity index (χ4v) is 2.37. The van der Waals surface area contributed by atoms with Crippen LogP contribution in [0.5, 0.6) is 0 Å². The first kappa shape index (κ1) is 18.1. The second-order valence-electron chi connectivity index (χ2n) is 5.96. The summed E-state index contributed by atoms with van der Waals surface area (Å²) in [5.74, 6) is -0.553. The van der Waals surface area contributed by atoms with E-state index in [2.05, 4.69) is 9.80 Å². The summed E-state index contributed by atoms with van der Waals surface area (Å²) in [6.07, 6.45) is 0.965. The molecule has 1 aliphatic rings. The molecule has 0 aromatic heterocycles. The first-order valence-electron chi connectivity index (χ1n) is 7.68. The standard InChI is InChI=1S/C15H28N2O4/c1-4-21-14(20)15(2,3)13(19)12-17-7-5-6-16(8-9-17)10-11-18/h18H,4-12H2,1-3H3. The minimum absolute atomic E-state index is 0.100. The highest BCUT2D eigenvalue weighted by atomic mass is 16.5. The van der Waals surface area contributed by atoms with Crippen LogP contribution in [-0.2, 0) is 14.3 Å². The van der Waals surface area contributed by atoms with Crippen LogP contribution in [0, 0.1) is 5.41 Å². The number of ketones is 1. The van der Waals surface area contributed by atoms with Crippen molar-refractivity contribution in [3.8, 4) is 0 Å². The molecule has 1 N–H and O–H groups in total. The zero-order valence-corrected chi connectivity index (χ0v) is 13.4. The number of nitrogens with zero attached hydrogens (tertiary/aromatic N) is 2. The highest BCUT2D eigenvalue weighted by molar-refractivity contribution is 6.03. The van der Waals surface area contributed by atoms with Gasteiger partial charge in [0.25, 0.3) is 0 Å². The number of hydrogen-bond donors (Lipinski definition) is 1. The lowest BCUT2D eigenvalue weighted by Gasteiger charge is -2.26. The number of ether oxygens (including phenoxy) is 1. The molecule has 21 heavy (non-hydrogen) atoms. The Labute approximate surface area is 127 Å². The Morgan fingerprint density at radius 3 is 2.38 bits per heavy atom. The van der Waals surface area contributed by atoms with Gasteiger partial charge in [0, 0.05) is 19.6 Å². The molecule has 0 bridgehead atoms. The Morgan fingerprint density at radius 2 is 1.76 bits per heavy atom. The molecule has 1 fully saturated rings. The number of rotatable bonds is 7. The molecule has 1 rings (SSSR count). The Morgan fingerprint density at radius 1 is 1.14 bits per heavy atom. The van der Waals surface area contributed by atoms with Gasteiger partial charge in [-0.05, 0) is 40.3 Å². The second kappa shape index (κ2) is 8.46. The van der Waals surface area contributed by atoms with E-state index in [-0.39, 0.29) is 25.5 Å². The quantitative estimate of drug-likeness (QED) is 0.533. The van der Waals surface area contributed by atoms with E-state index in [1.54, 1.807) is 20.8 Å². The zero-order valence-electron chi connectivity index (χ0n) is 13.4. The van der Waals surface area contributed by atoms with Gasteiger partial charge in [-0.15, -0.1) is 0 Å². The van der Waals surface area contributed by atoms with E-state index in [1.807, 2.05) is 0 Å². The lowest BCUT2D eigenvalue weighted by Crippen LogP contribution is -2.43. The van der Waals surface area contributed by atoms with Crippen molar-refractivity contribution in [1.82, 2.24) is 9.80 Å². The van der Waals surface area contributed by atoms with Crippen molar-refractivity contribution in [2.45, 2.75) is 27.2 Å². The molecule has 0 unspecified atom stereocenters. The minimum Gasteiger partial charge on any atom is -0.465 e. The summed E-state index contributed by atoms with van der Waals surface area (Å²) >= 11 is 0. The van der Waals surface area contributed by atoms with Gasteiger partial charge in [-0.1, -0.05) is 0 Å². The van der Waals surface area contributed by atoms with Crippen molar-refractivity contribution in [2.75, 3.05) is 52.5 Å². The first-order valence-corrected chi connectivity index (χ1v) is 7.68. The largest absolute Gasteiger partial charge is 0.465 e. The van der Waals surface area contributed by atoms with Crippen molar-refractivity contribution in [3.63, 3.8) is 0 Å². The highest BCUT2D eigenvalue weighted by Gasteiger charge is 2.37. The lowest BCUT2D eigenvalue weighted by molar-refractivity contribution is -0.158. The normalized spacial score (nSPS) is 18.3. The monoisotopic (exact) mass is 300 g/mol. The van der Waals surface area contributed by atoms with Crippen LogP contribution in [0.25, 0.3) is 0 Å². The number of carbonyl (C=O) groups is 2. The van der Waals surface area contributed by atoms with E-state index >= 15 is 0 Å². The molecule has 122 valence electrons. The molecule has 0 atom stereocenters. The molecule has 1 saturated heterocycles. The maximum Gasteiger partial charge on any atom is 0.319 e. The molecule has 1 heterocycles. The van der Waals surface area contributed by atoms with Crippen molar-refractivity contribution in [3.05, 3.63) is 0 Å². The van der Waals surface area contributed by atoms with Gasteiger partial charge in [-0.2, -0.15) is 0 Å². The van der Waals surface area contributed by atoms with Crippen LogP contribution >= 0.6 is 0 Å². The predicted octanol–water partition coefficient (Wildman–Crippen LogP) is 0.145. The van der Waals surface area contributed by atoms with Gasteiger partial charge in [0.2, 0.25) is 0 Å². The molecule has 6 nitrogen and oxygen atoms in total. The smallest absolute Gasteiger partial charge is 0.319 e. The van der Waals surface area contributed by atoms with Gasteiger partial charge in [0.1, 0.15) is 5.41 Å². The van der Waals surface area contributed by atoms with Gasteiger partial charge in [-0.25, -0.2) is 0 Å². The average Bonchev–Trinajstić information content (AvgIpc) is 2.65. The van der Waals surface area contributed by atoms with Crippen molar-refractivity contribution in [1.29, 1.82) is 0 Å². The van der Waals surface area contributed by atoms with Crippen LogP contribution in [-0.4, -0.2) is 79.1 Å². The lowest BCUT2D eigenvalue weighted by atomic mass is 9.88. The molecule has 0 radical (unpaired) electrons. The molecule has 0 aromatic carbocycles. The van der Waals surface area contributed by atoms with Crippen LogP contribution in [0.2, 0.25) is 0 Å². The number of Topliss-reactive ketones (excluding diaryl/α,β-unsaturated/α-hetero) is 1. The number of β-amino-alcohol motifs (C(OH)–C–C–N with tert-alkyl or cyclic N) is 1. The molecule has 0 aromatic rings.